The lowest BCUT2D eigenvalue weighted by molar-refractivity contribution is -0.149. The number of hydrogen-bond donors (Lipinski definition) is 1. The number of nitrogens with zero attached hydrogens (tertiary/aromatic N) is 1. The highest BCUT2D eigenvalue weighted by atomic mass is 19.1. The molecule has 7 heteroatoms. The first-order chi connectivity index (χ1) is 14.0. The van der Waals surface area contributed by atoms with E-state index >= 15 is 0 Å². The van der Waals surface area contributed by atoms with Crippen LogP contribution in [-0.4, -0.2) is 23.5 Å². The van der Waals surface area contributed by atoms with Crippen LogP contribution in [0.1, 0.15) is 39.0 Å². The number of rotatable bonds is 7. The van der Waals surface area contributed by atoms with Gasteiger partial charge in [0.2, 0.25) is 11.8 Å². The third-order valence-corrected chi connectivity index (χ3v) is 5.01. The summed E-state index contributed by atoms with van der Waals surface area (Å²) in [5.41, 5.74) is 0.460. The Bertz CT molecular complexity index is 833. The molecule has 1 aromatic carbocycles. The molecule has 1 fully saturated rings. The molecule has 6 nitrogen and oxygen atoms in total. The van der Waals surface area contributed by atoms with E-state index in [1.165, 1.54) is 24.3 Å². The predicted molar refractivity (Wildman–Crippen MR) is 106 cm³/mol. The number of amides is 1. The van der Waals surface area contributed by atoms with Gasteiger partial charge in [0.25, 0.3) is 0 Å². The van der Waals surface area contributed by atoms with E-state index in [0.717, 1.165) is 25.7 Å². The lowest BCUT2D eigenvalue weighted by Crippen LogP contribution is -2.26. The average Bonchev–Trinajstić information content (AvgIpc) is 2.72. The number of pyridine rings is 1. The van der Waals surface area contributed by atoms with Crippen LogP contribution in [0.25, 0.3) is 0 Å². The molecule has 0 aliphatic heterocycles. The maximum Gasteiger partial charge on any atom is 0.308 e. The molecule has 0 atom stereocenters. The second-order valence-electron chi connectivity index (χ2n) is 7.13. The largest absolute Gasteiger partial charge is 0.466 e. The molecular formula is C22H25FN2O4. The van der Waals surface area contributed by atoms with Gasteiger partial charge in [0.1, 0.15) is 17.3 Å². The first-order valence-electron chi connectivity index (χ1n) is 9.90. The van der Waals surface area contributed by atoms with Crippen LogP contribution in [0.5, 0.6) is 11.6 Å². The summed E-state index contributed by atoms with van der Waals surface area (Å²) in [5.74, 6) is 0.248. The van der Waals surface area contributed by atoms with E-state index in [0.29, 0.717) is 24.5 Å². The van der Waals surface area contributed by atoms with Gasteiger partial charge in [0, 0.05) is 12.6 Å². The zero-order chi connectivity index (χ0) is 20.6. The molecule has 154 valence electrons. The maximum absolute atomic E-state index is 13.1. The number of anilines is 1. The molecule has 1 N–H and O–H groups in total. The standard InChI is InChI=1S/C22H25FN2O4/c1-2-28-22(27)16-7-5-15(6-8-16)14-20(26)25-19-4-3-13-24-21(19)29-18-11-9-17(23)10-12-18/h3-4,9-13,15-16H,2,5-8,14H2,1H3,(H,25,26). The lowest BCUT2D eigenvalue weighted by Gasteiger charge is -2.26. The Morgan fingerprint density at radius 1 is 1.14 bits per heavy atom. The minimum Gasteiger partial charge on any atom is -0.466 e. The minimum absolute atomic E-state index is 0.0525. The summed E-state index contributed by atoms with van der Waals surface area (Å²) in [5, 5.41) is 2.85. The first-order valence-corrected chi connectivity index (χ1v) is 9.90. The van der Waals surface area contributed by atoms with E-state index in [-0.39, 0.29) is 35.4 Å². The Morgan fingerprint density at radius 2 is 1.86 bits per heavy atom. The molecule has 1 amide bonds. The Morgan fingerprint density at radius 3 is 2.55 bits per heavy atom. The molecule has 3 rings (SSSR count). The summed E-state index contributed by atoms with van der Waals surface area (Å²) >= 11 is 0. The first kappa shape index (κ1) is 20.8. The number of aromatic nitrogens is 1. The summed E-state index contributed by atoms with van der Waals surface area (Å²) in [7, 11) is 0. The van der Waals surface area contributed by atoms with Crippen molar-refractivity contribution >= 4 is 17.6 Å². The van der Waals surface area contributed by atoms with Gasteiger partial charge in [-0.3, -0.25) is 9.59 Å². The topological polar surface area (TPSA) is 77.5 Å². The number of esters is 1. The van der Waals surface area contributed by atoms with Crippen molar-refractivity contribution in [2.75, 3.05) is 11.9 Å². The van der Waals surface area contributed by atoms with Gasteiger partial charge >= 0.3 is 5.97 Å². The van der Waals surface area contributed by atoms with Gasteiger partial charge in [-0.1, -0.05) is 0 Å². The Hall–Kier alpha value is -2.96. The molecular weight excluding hydrogens is 375 g/mol. The van der Waals surface area contributed by atoms with Crippen molar-refractivity contribution in [2.24, 2.45) is 11.8 Å². The van der Waals surface area contributed by atoms with Crippen molar-refractivity contribution in [1.82, 2.24) is 4.98 Å². The quantitative estimate of drug-likeness (QED) is 0.681. The number of benzene rings is 1. The fourth-order valence-electron chi connectivity index (χ4n) is 3.51. The van der Waals surface area contributed by atoms with Gasteiger partial charge < -0.3 is 14.8 Å². The highest BCUT2D eigenvalue weighted by Gasteiger charge is 2.28. The summed E-state index contributed by atoms with van der Waals surface area (Å²) in [6.45, 7) is 2.20. The van der Waals surface area contributed by atoms with Crippen molar-refractivity contribution in [1.29, 1.82) is 0 Å². The number of carbonyl (C=O) groups excluding carboxylic acids is 2. The molecule has 1 aliphatic carbocycles. The molecule has 0 saturated heterocycles. The molecule has 1 aromatic heterocycles. The van der Waals surface area contributed by atoms with Gasteiger partial charge in [0.15, 0.2) is 0 Å². The Kier molecular flexibility index (Phi) is 7.16. The van der Waals surface area contributed by atoms with E-state index < -0.39 is 0 Å². The monoisotopic (exact) mass is 400 g/mol. The zero-order valence-electron chi connectivity index (χ0n) is 16.4. The van der Waals surface area contributed by atoms with E-state index in [1.54, 1.807) is 25.3 Å². The molecule has 1 heterocycles. The van der Waals surface area contributed by atoms with Gasteiger partial charge in [-0.2, -0.15) is 0 Å². The molecule has 1 aliphatic rings. The summed E-state index contributed by atoms with van der Waals surface area (Å²) < 4.78 is 23.8. The molecule has 0 unspecified atom stereocenters. The maximum atomic E-state index is 13.1. The molecule has 2 aromatic rings. The number of ether oxygens (including phenoxy) is 2. The van der Waals surface area contributed by atoms with Gasteiger partial charge in [-0.15, -0.1) is 0 Å². The van der Waals surface area contributed by atoms with E-state index in [4.69, 9.17) is 9.47 Å². The third kappa shape index (κ3) is 6.01. The van der Waals surface area contributed by atoms with Gasteiger partial charge in [-0.05, 0) is 74.9 Å². The van der Waals surface area contributed by atoms with E-state index in [2.05, 4.69) is 10.3 Å². The Balaban J connectivity index is 1.53. The SMILES string of the molecule is CCOC(=O)C1CCC(CC(=O)Nc2cccnc2Oc2ccc(F)cc2)CC1. The van der Waals surface area contributed by atoms with Gasteiger partial charge in [-0.25, -0.2) is 9.37 Å². The van der Waals surface area contributed by atoms with Crippen molar-refractivity contribution < 1.29 is 23.5 Å². The predicted octanol–water partition coefficient (Wildman–Crippen LogP) is 4.71. The lowest BCUT2D eigenvalue weighted by atomic mass is 9.80. The number of halogens is 1. The van der Waals surface area contributed by atoms with Crippen LogP contribution in [-0.2, 0) is 14.3 Å². The summed E-state index contributed by atoms with van der Waals surface area (Å²) in [4.78, 5) is 28.5. The van der Waals surface area contributed by atoms with Crippen LogP contribution in [0.15, 0.2) is 42.6 Å². The zero-order valence-corrected chi connectivity index (χ0v) is 16.4. The van der Waals surface area contributed by atoms with Crippen LogP contribution in [0, 0.1) is 17.7 Å². The second kappa shape index (κ2) is 10.0. The Labute approximate surface area is 169 Å². The van der Waals surface area contributed by atoms with Crippen molar-refractivity contribution in [3.8, 4) is 11.6 Å². The fraction of sp³-hybridized carbons (Fsp3) is 0.409. The molecule has 0 spiro atoms. The fourth-order valence-corrected chi connectivity index (χ4v) is 3.51. The summed E-state index contributed by atoms with van der Waals surface area (Å²) in [6.07, 6.45) is 5.09. The van der Waals surface area contributed by atoms with Crippen molar-refractivity contribution in [3.63, 3.8) is 0 Å². The average molecular weight is 400 g/mol. The highest BCUT2D eigenvalue weighted by Crippen LogP contribution is 2.32. The highest BCUT2D eigenvalue weighted by molar-refractivity contribution is 5.92. The van der Waals surface area contributed by atoms with Gasteiger partial charge in [0.05, 0.1) is 12.5 Å². The molecule has 0 bridgehead atoms. The minimum atomic E-state index is -0.357. The number of hydrogen-bond acceptors (Lipinski definition) is 5. The smallest absolute Gasteiger partial charge is 0.308 e. The van der Waals surface area contributed by atoms with Crippen LogP contribution < -0.4 is 10.1 Å². The van der Waals surface area contributed by atoms with Crippen molar-refractivity contribution in [3.05, 3.63) is 48.4 Å². The van der Waals surface area contributed by atoms with Crippen LogP contribution in [0.4, 0.5) is 10.1 Å². The normalized spacial score (nSPS) is 18.7. The van der Waals surface area contributed by atoms with E-state index in [1.807, 2.05) is 0 Å². The summed E-state index contributed by atoms with van der Waals surface area (Å²) in [6, 6.07) is 9.00. The van der Waals surface area contributed by atoms with Crippen molar-refractivity contribution in [2.45, 2.75) is 39.0 Å². The third-order valence-electron chi connectivity index (χ3n) is 5.01. The number of nitrogens with one attached hydrogen (secondary N) is 1. The molecule has 29 heavy (non-hydrogen) atoms. The van der Waals surface area contributed by atoms with Crippen LogP contribution in [0.2, 0.25) is 0 Å². The van der Waals surface area contributed by atoms with Crippen LogP contribution >= 0.6 is 0 Å². The van der Waals surface area contributed by atoms with E-state index in [9.17, 15) is 14.0 Å². The molecule has 1 saturated carbocycles. The molecule has 0 radical (unpaired) electrons. The number of carbonyl (C=O) groups is 2. The second-order valence-corrected chi connectivity index (χ2v) is 7.13. The van der Waals surface area contributed by atoms with Crippen LogP contribution in [0.3, 0.4) is 0 Å².